The first-order chi connectivity index (χ1) is 9.54. The molecule has 0 aliphatic carbocycles. The Hall–Kier alpha value is -2.14. The zero-order chi connectivity index (χ0) is 14.3. The number of nitrogens with one attached hydrogen (secondary N) is 1. The Balaban J connectivity index is 1.91. The summed E-state index contributed by atoms with van der Waals surface area (Å²) in [6.45, 7) is 5.62. The number of furan rings is 1. The number of hydrogen-bond donors (Lipinski definition) is 1. The van der Waals surface area contributed by atoms with Crippen LogP contribution >= 0.6 is 11.3 Å². The average Bonchev–Trinajstić information content (AvgIpc) is 2.91. The first-order valence-corrected chi connectivity index (χ1v) is 7.09. The fourth-order valence-corrected chi connectivity index (χ4v) is 3.09. The third-order valence-electron chi connectivity index (χ3n) is 3.14. The number of hydrogen-bond acceptors (Lipinski definition) is 4. The highest BCUT2D eigenvalue weighted by atomic mass is 32.1. The maximum Gasteiger partial charge on any atom is 0.259 e. The first kappa shape index (κ1) is 12.9. The topological polar surface area (TPSA) is 55.1 Å². The van der Waals surface area contributed by atoms with E-state index in [-0.39, 0.29) is 5.91 Å². The Morgan fingerprint density at radius 3 is 2.80 bits per heavy atom. The van der Waals surface area contributed by atoms with Gasteiger partial charge in [-0.1, -0.05) is 0 Å². The van der Waals surface area contributed by atoms with Gasteiger partial charge in [0.1, 0.15) is 5.76 Å². The van der Waals surface area contributed by atoms with Gasteiger partial charge in [-0.05, 0) is 39.0 Å². The molecule has 0 fully saturated rings. The van der Waals surface area contributed by atoms with Gasteiger partial charge >= 0.3 is 0 Å². The van der Waals surface area contributed by atoms with Gasteiger partial charge in [-0.25, -0.2) is 4.98 Å². The smallest absolute Gasteiger partial charge is 0.259 e. The van der Waals surface area contributed by atoms with Crippen molar-refractivity contribution >= 4 is 33.1 Å². The molecule has 0 aliphatic heterocycles. The summed E-state index contributed by atoms with van der Waals surface area (Å²) in [5.41, 5.74) is 3.17. The molecule has 2 aromatic heterocycles. The number of fused-ring (bicyclic) bond motifs is 1. The monoisotopic (exact) mass is 286 g/mol. The van der Waals surface area contributed by atoms with Crippen molar-refractivity contribution < 1.29 is 9.21 Å². The molecular weight excluding hydrogens is 272 g/mol. The van der Waals surface area contributed by atoms with E-state index in [1.807, 2.05) is 32.0 Å². The van der Waals surface area contributed by atoms with Gasteiger partial charge in [-0.3, -0.25) is 4.79 Å². The molecule has 3 aromatic rings. The third kappa shape index (κ3) is 2.20. The molecule has 0 atom stereocenters. The van der Waals surface area contributed by atoms with E-state index >= 15 is 0 Å². The molecule has 3 rings (SSSR count). The quantitative estimate of drug-likeness (QED) is 0.772. The van der Waals surface area contributed by atoms with Gasteiger partial charge in [0.15, 0.2) is 0 Å². The largest absolute Gasteiger partial charge is 0.469 e. The van der Waals surface area contributed by atoms with E-state index in [2.05, 4.69) is 10.3 Å². The fourth-order valence-electron chi connectivity index (χ4n) is 2.22. The summed E-state index contributed by atoms with van der Waals surface area (Å²) < 4.78 is 6.33. The molecule has 0 saturated carbocycles. The van der Waals surface area contributed by atoms with Crippen molar-refractivity contribution in [3.05, 3.63) is 46.4 Å². The molecule has 4 nitrogen and oxygen atoms in total. The number of benzene rings is 1. The second-order valence-corrected chi connectivity index (χ2v) is 5.95. The van der Waals surface area contributed by atoms with E-state index < -0.39 is 0 Å². The van der Waals surface area contributed by atoms with Crippen LogP contribution in [0.3, 0.4) is 0 Å². The van der Waals surface area contributed by atoms with Gasteiger partial charge < -0.3 is 9.73 Å². The van der Waals surface area contributed by atoms with Gasteiger partial charge in [0.2, 0.25) is 0 Å². The van der Waals surface area contributed by atoms with Crippen LogP contribution in [0.4, 0.5) is 5.69 Å². The summed E-state index contributed by atoms with van der Waals surface area (Å²) in [5.74, 6) is 0.490. The summed E-state index contributed by atoms with van der Waals surface area (Å²) in [5, 5.41) is 3.93. The second-order valence-electron chi connectivity index (χ2n) is 4.72. The summed E-state index contributed by atoms with van der Waals surface area (Å²) in [6.07, 6.45) is 1.60. The van der Waals surface area contributed by atoms with Gasteiger partial charge in [-0.15, -0.1) is 11.3 Å². The van der Waals surface area contributed by atoms with Crippen molar-refractivity contribution in [2.45, 2.75) is 20.8 Å². The number of aromatic nitrogens is 1. The highest BCUT2D eigenvalue weighted by Crippen LogP contribution is 2.25. The van der Waals surface area contributed by atoms with Gasteiger partial charge in [-0.2, -0.15) is 0 Å². The van der Waals surface area contributed by atoms with E-state index in [9.17, 15) is 4.79 Å². The molecule has 0 radical (unpaired) electrons. The van der Waals surface area contributed by atoms with Crippen molar-refractivity contribution in [3.8, 4) is 0 Å². The minimum absolute atomic E-state index is 0.144. The second kappa shape index (κ2) is 4.76. The molecule has 0 bridgehead atoms. The lowest BCUT2D eigenvalue weighted by Crippen LogP contribution is -2.13. The molecule has 0 unspecified atom stereocenters. The minimum atomic E-state index is -0.144. The summed E-state index contributed by atoms with van der Waals surface area (Å²) in [6, 6.07) is 5.73. The first-order valence-electron chi connectivity index (χ1n) is 6.28. The van der Waals surface area contributed by atoms with Crippen molar-refractivity contribution in [1.29, 1.82) is 0 Å². The van der Waals surface area contributed by atoms with E-state index in [4.69, 9.17) is 4.42 Å². The molecule has 102 valence electrons. The molecule has 0 spiro atoms. The molecule has 1 aromatic carbocycles. The van der Waals surface area contributed by atoms with Crippen LogP contribution in [0, 0.1) is 20.8 Å². The van der Waals surface area contributed by atoms with Crippen LogP contribution in [0.15, 0.2) is 28.9 Å². The van der Waals surface area contributed by atoms with E-state index in [0.717, 1.165) is 26.5 Å². The molecule has 2 heterocycles. The van der Waals surface area contributed by atoms with Crippen molar-refractivity contribution in [3.63, 3.8) is 0 Å². The Bertz CT molecular complexity index is 782. The number of aryl methyl sites for hydroxylation is 3. The zero-order valence-electron chi connectivity index (χ0n) is 11.5. The van der Waals surface area contributed by atoms with Crippen molar-refractivity contribution in [1.82, 2.24) is 4.98 Å². The number of carbonyl (C=O) groups is 1. The number of nitrogens with zero attached hydrogens (tertiary/aromatic N) is 1. The van der Waals surface area contributed by atoms with E-state index in [1.165, 1.54) is 0 Å². The lowest BCUT2D eigenvalue weighted by molar-refractivity contribution is 0.102. The van der Waals surface area contributed by atoms with E-state index in [1.54, 1.807) is 24.5 Å². The van der Waals surface area contributed by atoms with Gasteiger partial charge in [0, 0.05) is 11.3 Å². The molecule has 1 N–H and O–H groups in total. The summed E-state index contributed by atoms with van der Waals surface area (Å²) in [7, 11) is 0. The van der Waals surface area contributed by atoms with Crippen molar-refractivity contribution in [2.24, 2.45) is 0 Å². The lowest BCUT2D eigenvalue weighted by Gasteiger charge is -2.05. The Morgan fingerprint density at radius 2 is 2.10 bits per heavy atom. The zero-order valence-corrected chi connectivity index (χ0v) is 12.3. The predicted octanol–water partition coefficient (Wildman–Crippen LogP) is 4.07. The summed E-state index contributed by atoms with van der Waals surface area (Å²) in [4.78, 5) is 16.7. The number of anilines is 1. The normalized spacial score (nSPS) is 10.9. The van der Waals surface area contributed by atoms with Crippen LogP contribution in [-0.4, -0.2) is 10.9 Å². The molecule has 0 saturated heterocycles. The molecule has 0 aliphatic rings. The Labute approximate surface area is 120 Å². The predicted molar refractivity (Wildman–Crippen MR) is 80.5 cm³/mol. The average molecular weight is 286 g/mol. The maximum absolute atomic E-state index is 12.3. The Morgan fingerprint density at radius 1 is 1.30 bits per heavy atom. The standard InChI is InChI=1S/C15H14N2O2S/c1-8-7-19-9(2)14(8)15(18)17-11-4-5-12-13(6-11)20-10(3)16-12/h4-7H,1-3H3,(H,17,18). The summed E-state index contributed by atoms with van der Waals surface area (Å²) >= 11 is 1.62. The number of amides is 1. The van der Waals surface area contributed by atoms with Crippen molar-refractivity contribution in [2.75, 3.05) is 5.32 Å². The third-order valence-corrected chi connectivity index (χ3v) is 4.07. The number of thiazole rings is 1. The fraction of sp³-hybridized carbons (Fsp3) is 0.200. The van der Waals surface area contributed by atoms with Crippen LogP contribution in [0.25, 0.3) is 10.2 Å². The van der Waals surface area contributed by atoms with Crippen LogP contribution in [0.2, 0.25) is 0 Å². The highest BCUT2D eigenvalue weighted by Gasteiger charge is 2.16. The molecule has 20 heavy (non-hydrogen) atoms. The SMILES string of the molecule is Cc1nc2ccc(NC(=O)c3c(C)coc3C)cc2s1. The lowest BCUT2D eigenvalue weighted by atomic mass is 10.1. The van der Waals surface area contributed by atoms with Gasteiger partial charge in [0.25, 0.3) is 5.91 Å². The maximum atomic E-state index is 12.3. The minimum Gasteiger partial charge on any atom is -0.469 e. The molecular formula is C15H14N2O2S. The molecule has 5 heteroatoms. The Kier molecular flexibility index (Phi) is 3.06. The number of carbonyl (C=O) groups excluding carboxylic acids is 1. The number of rotatable bonds is 2. The van der Waals surface area contributed by atoms with Crippen LogP contribution in [-0.2, 0) is 0 Å². The molecule has 1 amide bonds. The highest BCUT2D eigenvalue weighted by molar-refractivity contribution is 7.18. The van der Waals surface area contributed by atoms with E-state index in [0.29, 0.717) is 11.3 Å². The van der Waals surface area contributed by atoms with Crippen LogP contribution in [0.1, 0.15) is 26.7 Å². The van der Waals surface area contributed by atoms with Crippen LogP contribution in [0.5, 0.6) is 0 Å². The van der Waals surface area contributed by atoms with Crippen LogP contribution < -0.4 is 5.32 Å². The van der Waals surface area contributed by atoms with Gasteiger partial charge in [0.05, 0.1) is 27.1 Å².